The zero-order valence-corrected chi connectivity index (χ0v) is 13.1. The van der Waals surface area contributed by atoms with Crippen molar-refractivity contribution in [2.45, 2.75) is 6.42 Å². The Morgan fingerprint density at radius 3 is 2.67 bits per heavy atom. The second-order valence-corrected chi connectivity index (χ2v) is 5.70. The maximum Gasteiger partial charge on any atom is 0.125 e. The molecule has 1 heterocycles. The van der Waals surface area contributed by atoms with Crippen molar-refractivity contribution in [2.75, 3.05) is 5.88 Å². The highest BCUT2D eigenvalue weighted by Gasteiger charge is 2.16. The predicted octanol–water partition coefficient (Wildman–Crippen LogP) is 5.25. The fraction of sp³-hybridized carbons (Fsp3) is 0.133. The standard InChI is InChI=1S/C15H10Cl3FN2/c16-7-6-14-20-15-11(18)2-1-3-12(15)21(14)13-8-9(19)4-5-10(13)17/h1-5,8H,6-7H2. The van der Waals surface area contributed by atoms with E-state index in [2.05, 4.69) is 4.98 Å². The van der Waals surface area contributed by atoms with E-state index in [0.717, 1.165) is 5.52 Å². The van der Waals surface area contributed by atoms with Gasteiger partial charge in [-0.1, -0.05) is 29.3 Å². The van der Waals surface area contributed by atoms with Crippen LogP contribution < -0.4 is 0 Å². The van der Waals surface area contributed by atoms with E-state index >= 15 is 0 Å². The minimum Gasteiger partial charge on any atom is -0.295 e. The molecule has 3 aromatic rings. The third-order valence-electron chi connectivity index (χ3n) is 3.17. The molecule has 0 aliphatic rings. The van der Waals surface area contributed by atoms with Gasteiger partial charge in [0, 0.05) is 12.3 Å². The summed E-state index contributed by atoms with van der Waals surface area (Å²) in [4.78, 5) is 4.51. The van der Waals surface area contributed by atoms with E-state index in [0.29, 0.717) is 39.4 Å². The van der Waals surface area contributed by atoms with E-state index < -0.39 is 0 Å². The second-order valence-electron chi connectivity index (χ2n) is 4.51. The molecule has 0 spiro atoms. The molecule has 0 saturated carbocycles. The summed E-state index contributed by atoms with van der Waals surface area (Å²) >= 11 is 18.2. The monoisotopic (exact) mass is 342 g/mol. The van der Waals surface area contributed by atoms with Crippen molar-refractivity contribution in [1.82, 2.24) is 9.55 Å². The number of nitrogens with zero attached hydrogens (tertiary/aromatic N) is 2. The largest absolute Gasteiger partial charge is 0.295 e. The number of alkyl halides is 1. The van der Waals surface area contributed by atoms with E-state index in [-0.39, 0.29) is 5.82 Å². The summed E-state index contributed by atoms with van der Waals surface area (Å²) in [5.41, 5.74) is 1.95. The van der Waals surface area contributed by atoms with Gasteiger partial charge in [0.25, 0.3) is 0 Å². The smallest absolute Gasteiger partial charge is 0.125 e. The molecular weight excluding hydrogens is 334 g/mol. The molecule has 0 unspecified atom stereocenters. The lowest BCUT2D eigenvalue weighted by Gasteiger charge is -2.10. The number of halogens is 4. The van der Waals surface area contributed by atoms with Gasteiger partial charge in [0.2, 0.25) is 0 Å². The summed E-state index contributed by atoms with van der Waals surface area (Å²) in [6.07, 6.45) is 0.527. The molecule has 21 heavy (non-hydrogen) atoms. The molecule has 2 aromatic carbocycles. The molecule has 0 N–H and O–H groups in total. The molecule has 108 valence electrons. The minimum absolute atomic E-state index is 0.366. The van der Waals surface area contributed by atoms with Gasteiger partial charge < -0.3 is 0 Å². The summed E-state index contributed by atoms with van der Waals surface area (Å²) in [5, 5.41) is 0.973. The van der Waals surface area contributed by atoms with Crippen LogP contribution in [0.15, 0.2) is 36.4 Å². The molecule has 6 heteroatoms. The molecule has 0 saturated heterocycles. The summed E-state index contributed by atoms with van der Waals surface area (Å²) in [6.45, 7) is 0. The Balaban J connectivity index is 2.36. The van der Waals surface area contributed by atoms with E-state index in [1.165, 1.54) is 18.2 Å². The normalized spacial score (nSPS) is 11.2. The molecule has 1 aromatic heterocycles. The Hall–Kier alpha value is -1.29. The van der Waals surface area contributed by atoms with Gasteiger partial charge in [-0.3, -0.25) is 4.57 Å². The van der Waals surface area contributed by atoms with Gasteiger partial charge in [-0.05, 0) is 30.3 Å². The van der Waals surface area contributed by atoms with Crippen molar-refractivity contribution in [3.05, 3.63) is 58.1 Å². The van der Waals surface area contributed by atoms with Crippen LogP contribution in [-0.4, -0.2) is 15.4 Å². The topological polar surface area (TPSA) is 17.8 Å². The van der Waals surface area contributed by atoms with Crippen LogP contribution in [0.4, 0.5) is 4.39 Å². The molecule has 0 bridgehead atoms. The van der Waals surface area contributed by atoms with Gasteiger partial charge in [0.1, 0.15) is 17.2 Å². The molecular formula is C15H10Cl3FN2. The fourth-order valence-corrected chi connectivity index (χ4v) is 2.87. The first-order chi connectivity index (χ1) is 10.1. The molecule has 0 aliphatic heterocycles. The number of hydrogen-bond donors (Lipinski definition) is 0. The molecule has 0 radical (unpaired) electrons. The Morgan fingerprint density at radius 1 is 1.10 bits per heavy atom. The number of benzene rings is 2. The lowest BCUT2D eigenvalue weighted by atomic mass is 10.2. The molecule has 0 aliphatic carbocycles. The van der Waals surface area contributed by atoms with E-state index in [1.807, 2.05) is 12.1 Å². The number of hydrogen-bond acceptors (Lipinski definition) is 1. The Bertz CT molecular complexity index is 814. The Morgan fingerprint density at radius 2 is 1.90 bits per heavy atom. The first kappa shape index (κ1) is 14.6. The molecule has 0 fully saturated rings. The minimum atomic E-state index is -0.366. The average Bonchev–Trinajstić information content (AvgIpc) is 2.82. The number of fused-ring (bicyclic) bond motifs is 1. The molecule has 0 amide bonds. The van der Waals surface area contributed by atoms with Gasteiger partial charge in [-0.2, -0.15) is 0 Å². The van der Waals surface area contributed by atoms with Gasteiger partial charge in [-0.25, -0.2) is 9.37 Å². The number of rotatable bonds is 3. The maximum absolute atomic E-state index is 13.6. The van der Waals surface area contributed by atoms with Crippen LogP contribution in [0.1, 0.15) is 5.82 Å². The van der Waals surface area contributed by atoms with Crippen LogP contribution in [0.2, 0.25) is 10.0 Å². The predicted molar refractivity (Wildman–Crippen MR) is 85.5 cm³/mol. The zero-order chi connectivity index (χ0) is 15.0. The van der Waals surface area contributed by atoms with Gasteiger partial charge in [0.05, 0.1) is 21.2 Å². The summed E-state index contributed by atoms with van der Waals surface area (Å²) < 4.78 is 15.4. The second kappa shape index (κ2) is 5.84. The first-order valence-electron chi connectivity index (χ1n) is 6.29. The number of imidazole rings is 1. The molecule has 0 atom stereocenters. The Labute approximate surface area is 136 Å². The number of aryl methyl sites for hydroxylation is 1. The third-order valence-corrected chi connectivity index (χ3v) is 3.99. The fourth-order valence-electron chi connectivity index (χ4n) is 2.29. The summed E-state index contributed by atoms with van der Waals surface area (Å²) in [5.74, 6) is 0.726. The quantitative estimate of drug-likeness (QED) is 0.594. The van der Waals surface area contributed by atoms with Gasteiger partial charge in [-0.15, -0.1) is 11.6 Å². The Kier molecular flexibility index (Phi) is 4.07. The summed E-state index contributed by atoms with van der Waals surface area (Å²) in [6, 6.07) is 9.67. The van der Waals surface area contributed by atoms with Crippen LogP contribution in [0.5, 0.6) is 0 Å². The van der Waals surface area contributed by atoms with Crippen LogP contribution in [0.25, 0.3) is 16.7 Å². The first-order valence-corrected chi connectivity index (χ1v) is 7.58. The van der Waals surface area contributed by atoms with Crippen LogP contribution >= 0.6 is 34.8 Å². The molecule has 2 nitrogen and oxygen atoms in total. The average molecular weight is 344 g/mol. The van der Waals surface area contributed by atoms with E-state index in [4.69, 9.17) is 34.8 Å². The highest BCUT2D eigenvalue weighted by atomic mass is 35.5. The van der Waals surface area contributed by atoms with Crippen molar-refractivity contribution in [3.63, 3.8) is 0 Å². The number of para-hydroxylation sites is 1. The van der Waals surface area contributed by atoms with E-state index in [1.54, 1.807) is 10.6 Å². The zero-order valence-electron chi connectivity index (χ0n) is 10.8. The SMILES string of the molecule is Fc1ccc(Cl)c(-n2c(CCCl)nc3c(Cl)cccc32)c1. The van der Waals surface area contributed by atoms with Crippen molar-refractivity contribution < 1.29 is 4.39 Å². The lowest BCUT2D eigenvalue weighted by Crippen LogP contribution is -2.03. The van der Waals surface area contributed by atoms with Gasteiger partial charge in [0.15, 0.2) is 0 Å². The van der Waals surface area contributed by atoms with Crippen LogP contribution in [0, 0.1) is 5.82 Å². The molecule has 3 rings (SSSR count). The third kappa shape index (κ3) is 2.61. The highest BCUT2D eigenvalue weighted by Crippen LogP contribution is 2.30. The van der Waals surface area contributed by atoms with Crippen molar-refractivity contribution in [2.24, 2.45) is 0 Å². The van der Waals surface area contributed by atoms with Crippen molar-refractivity contribution >= 4 is 45.8 Å². The van der Waals surface area contributed by atoms with Crippen LogP contribution in [0.3, 0.4) is 0 Å². The summed E-state index contributed by atoms with van der Waals surface area (Å²) in [7, 11) is 0. The van der Waals surface area contributed by atoms with Crippen molar-refractivity contribution in [3.8, 4) is 5.69 Å². The number of aromatic nitrogens is 2. The maximum atomic E-state index is 13.6. The van der Waals surface area contributed by atoms with Gasteiger partial charge >= 0.3 is 0 Å². The van der Waals surface area contributed by atoms with Crippen LogP contribution in [-0.2, 0) is 6.42 Å². The van der Waals surface area contributed by atoms with E-state index in [9.17, 15) is 4.39 Å². The van der Waals surface area contributed by atoms with Crippen molar-refractivity contribution in [1.29, 1.82) is 0 Å². The lowest BCUT2D eigenvalue weighted by molar-refractivity contribution is 0.626. The highest BCUT2D eigenvalue weighted by molar-refractivity contribution is 6.35.